The highest BCUT2D eigenvalue weighted by atomic mass is 16.5. The third-order valence-corrected chi connectivity index (χ3v) is 4.72. The van der Waals surface area contributed by atoms with Crippen molar-refractivity contribution in [2.24, 2.45) is 5.92 Å². The van der Waals surface area contributed by atoms with Gasteiger partial charge >= 0.3 is 11.7 Å². The molecule has 0 unspecified atom stereocenters. The zero-order valence-corrected chi connectivity index (χ0v) is 15.9. The first-order valence-corrected chi connectivity index (χ1v) is 9.73. The number of imidazole rings is 1. The van der Waals surface area contributed by atoms with Crippen molar-refractivity contribution < 1.29 is 14.2 Å². The molecule has 27 heavy (non-hydrogen) atoms. The van der Waals surface area contributed by atoms with E-state index in [1.165, 1.54) is 0 Å². The molecule has 9 heteroatoms. The number of nitrogen functional groups attached to an aromatic ring is 1. The van der Waals surface area contributed by atoms with E-state index in [-0.39, 0.29) is 17.5 Å². The molecule has 1 saturated heterocycles. The minimum absolute atomic E-state index is 0.206. The molecule has 1 aliphatic rings. The van der Waals surface area contributed by atoms with E-state index < -0.39 is 0 Å². The third kappa shape index (κ3) is 5.20. The maximum absolute atomic E-state index is 12.3. The number of nitrogens with zero attached hydrogens (tertiary/aromatic N) is 3. The Morgan fingerprint density at radius 2 is 2.07 bits per heavy atom. The Hall–Kier alpha value is -2.13. The van der Waals surface area contributed by atoms with Gasteiger partial charge in [0, 0.05) is 33.0 Å². The minimum Gasteiger partial charge on any atom is -0.463 e. The molecule has 0 aromatic carbocycles. The lowest BCUT2D eigenvalue weighted by molar-refractivity contribution is 0.0196. The van der Waals surface area contributed by atoms with Crippen LogP contribution in [0.2, 0.25) is 0 Å². The summed E-state index contributed by atoms with van der Waals surface area (Å²) in [4.78, 5) is 23.5. The number of aromatic nitrogens is 4. The number of nitrogens with one attached hydrogen (secondary N) is 1. The average Bonchev–Trinajstić information content (AvgIpc) is 2.99. The van der Waals surface area contributed by atoms with Gasteiger partial charge in [-0.3, -0.25) is 4.57 Å². The Bertz CT molecular complexity index is 782. The number of hydrogen-bond acceptors (Lipinski definition) is 7. The van der Waals surface area contributed by atoms with Crippen molar-refractivity contribution in [1.29, 1.82) is 0 Å². The Morgan fingerprint density at radius 3 is 2.85 bits per heavy atom. The van der Waals surface area contributed by atoms with Crippen molar-refractivity contribution >= 4 is 17.0 Å². The summed E-state index contributed by atoms with van der Waals surface area (Å²) in [5.41, 5.74) is 6.63. The van der Waals surface area contributed by atoms with Crippen LogP contribution in [0.15, 0.2) is 4.79 Å². The van der Waals surface area contributed by atoms with Crippen LogP contribution in [0.3, 0.4) is 0 Å². The molecular weight excluding hydrogens is 350 g/mol. The molecular formula is C18H29N5O4. The quantitative estimate of drug-likeness (QED) is 0.603. The van der Waals surface area contributed by atoms with Gasteiger partial charge in [0.15, 0.2) is 11.5 Å². The Morgan fingerprint density at radius 1 is 1.26 bits per heavy atom. The summed E-state index contributed by atoms with van der Waals surface area (Å²) in [5, 5.41) is 0. The maximum Gasteiger partial charge on any atom is 0.327 e. The van der Waals surface area contributed by atoms with Gasteiger partial charge in [-0.15, -0.1) is 0 Å². The highest BCUT2D eigenvalue weighted by Crippen LogP contribution is 2.18. The van der Waals surface area contributed by atoms with E-state index in [0.717, 1.165) is 45.5 Å². The van der Waals surface area contributed by atoms with E-state index in [4.69, 9.17) is 19.9 Å². The normalized spacial score (nSPS) is 15.4. The summed E-state index contributed by atoms with van der Waals surface area (Å²) in [7, 11) is 0. The highest BCUT2D eigenvalue weighted by Gasteiger charge is 2.15. The highest BCUT2D eigenvalue weighted by molar-refractivity contribution is 5.81. The summed E-state index contributed by atoms with van der Waals surface area (Å²) in [5.74, 6) is 0.794. The van der Waals surface area contributed by atoms with Crippen LogP contribution in [0.5, 0.6) is 6.01 Å². The number of hydrogen-bond donors (Lipinski definition) is 2. The lowest BCUT2D eigenvalue weighted by Crippen LogP contribution is -2.21. The summed E-state index contributed by atoms with van der Waals surface area (Å²) >= 11 is 0. The smallest absolute Gasteiger partial charge is 0.327 e. The fourth-order valence-corrected chi connectivity index (χ4v) is 3.10. The van der Waals surface area contributed by atoms with Crippen LogP contribution >= 0.6 is 0 Å². The van der Waals surface area contributed by atoms with Crippen molar-refractivity contribution in [1.82, 2.24) is 19.5 Å². The minimum atomic E-state index is -0.249. The van der Waals surface area contributed by atoms with Crippen molar-refractivity contribution in [2.45, 2.75) is 45.6 Å². The first-order chi connectivity index (χ1) is 13.2. The zero-order chi connectivity index (χ0) is 19.1. The first-order valence-electron chi connectivity index (χ1n) is 9.73. The lowest BCUT2D eigenvalue weighted by Gasteiger charge is -2.21. The summed E-state index contributed by atoms with van der Waals surface area (Å²) in [6.07, 6.45) is 4.75. The van der Waals surface area contributed by atoms with E-state index in [2.05, 4.69) is 21.9 Å². The number of ether oxygens (including phenoxy) is 3. The van der Waals surface area contributed by atoms with Gasteiger partial charge in [0.05, 0.1) is 6.61 Å². The zero-order valence-electron chi connectivity index (χ0n) is 15.9. The van der Waals surface area contributed by atoms with Crippen LogP contribution in [0, 0.1) is 5.92 Å². The van der Waals surface area contributed by atoms with E-state index in [1.54, 1.807) is 4.57 Å². The van der Waals surface area contributed by atoms with Gasteiger partial charge < -0.3 is 24.9 Å². The van der Waals surface area contributed by atoms with E-state index >= 15 is 0 Å². The fourth-order valence-electron chi connectivity index (χ4n) is 3.10. The number of rotatable bonds is 10. The number of anilines is 1. The lowest BCUT2D eigenvalue weighted by atomic mass is 10.0. The molecule has 1 aliphatic heterocycles. The number of nitrogens with two attached hydrogens (primary N) is 1. The number of H-pyrrole nitrogens is 1. The van der Waals surface area contributed by atoms with Crippen LogP contribution in [0.4, 0.5) is 5.82 Å². The molecule has 3 rings (SSSR count). The average molecular weight is 379 g/mol. The molecule has 3 N–H and O–H groups in total. The standard InChI is InChI=1S/C18H29N5O4/c1-2-3-9-27-17-21-15(19)14-16(22-17)23(18(24)20-14)7-4-8-26-12-13-5-10-25-11-6-13/h13H,2-12H2,1H3,(H,20,24)(H2,19,21,22). The SMILES string of the molecule is CCCCOc1nc(N)c2[nH]c(=O)n(CCCOCC3CCOCC3)c2n1. The molecule has 0 amide bonds. The molecule has 2 aromatic heterocycles. The van der Waals surface area contributed by atoms with Gasteiger partial charge in [0.2, 0.25) is 0 Å². The summed E-state index contributed by atoms with van der Waals surface area (Å²) in [6.45, 7) is 6.09. The molecule has 1 fully saturated rings. The van der Waals surface area contributed by atoms with E-state index in [0.29, 0.717) is 43.3 Å². The second-order valence-corrected chi connectivity index (χ2v) is 6.86. The largest absolute Gasteiger partial charge is 0.463 e. The van der Waals surface area contributed by atoms with Gasteiger partial charge in [-0.05, 0) is 31.6 Å². The second-order valence-electron chi connectivity index (χ2n) is 6.86. The van der Waals surface area contributed by atoms with Crippen molar-refractivity contribution in [3.63, 3.8) is 0 Å². The van der Waals surface area contributed by atoms with Gasteiger partial charge in [-0.1, -0.05) is 13.3 Å². The molecule has 0 aliphatic carbocycles. The topological polar surface area (TPSA) is 117 Å². The molecule has 3 heterocycles. The molecule has 0 radical (unpaired) electrons. The second kappa shape index (κ2) is 9.70. The van der Waals surface area contributed by atoms with Crippen LogP contribution in [0.25, 0.3) is 11.2 Å². The Labute approximate surface area is 158 Å². The first kappa shape index (κ1) is 19.6. The van der Waals surface area contributed by atoms with Crippen LogP contribution < -0.4 is 16.2 Å². The van der Waals surface area contributed by atoms with Crippen molar-refractivity contribution in [3.05, 3.63) is 10.5 Å². The molecule has 150 valence electrons. The van der Waals surface area contributed by atoms with Crippen LogP contribution in [-0.2, 0) is 16.0 Å². The molecule has 0 bridgehead atoms. The van der Waals surface area contributed by atoms with Crippen LogP contribution in [0.1, 0.15) is 39.0 Å². The predicted octanol–water partition coefficient (Wildman–Crippen LogP) is 1.71. The molecule has 2 aromatic rings. The van der Waals surface area contributed by atoms with Crippen LogP contribution in [-0.4, -0.2) is 52.6 Å². The third-order valence-electron chi connectivity index (χ3n) is 4.72. The van der Waals surface area contributed by atoms with Gasteiger partial charge in [0.1, 0.15) is 5.52 Å². The summed E-state index contributed by atoms with van der Waals surface area (Å²) in [6, 6.07) is 0.206. The van der Waals surface area contributed by atoms with Crippen molar-refractivity contribution in [2.75, 3.05) is 38.8 Å². The Balaban J connectivity index is 1.57. The molecule has 0 saturated carbocycles. The Kier molecular flexibility index (Phi) is 7.05. The monoisotopic (exact) mass is 379 g/mol. The maximum atomic E-state index is 12.3. The van der Waals surface area contributed by atoms with E-state index in [1.807, 2.05) is 0 Å². The van der Waals surface area contributed by atoms with E-state index in [9.17, 15) is 4.79 Å². The molecule has 0 spiro atoms. The van der Waals surface area contributed by atoms with Gasteiger partial charge in [-0.2, -0.15) is 9.97 Å². The fraction of sp³-hybridized carbons (Fsp3) is 0.722. The number of unbranched alkanes of at least 4 members (excludes halogenated alkanes) is 1. The summed E-state index contributed by atoms with van der Waals surface area (Å²) < 4.78 is 18.2. The van der Waals surface area contributed by atoms with Gasteiger partial charge in [-0.25, -0.2) is 4.79 Å². The number of aromatic amines is 1. The molecule has 0 atom stereocenters. The number of fused-ring (bicyclic) bond motifs is 1. The predicted molar refractivity (Wildman–Crippen MR) is 102 cm³/mol. The number of aryl methyl sites for hydroxylation is 1. The van der Waals surface area contributed by atoms with Crippen molar-refractivity contribution in [3.8, 4) is 6.01 Å². The van der Waals surface area contributed by atoms with Gasteiger partial charge in [0.25, 0.3) is 0 Å². The molecule has 9 nitrogen and oxygen atoms in total.